The molecule has 12 aromatic carbocycles. The number of fused-ring (bicyclic) bond motifs is 8. The molecule has 2 aliphatic carbocycles. The first-order valence-electron chi connectivity index (χ1n) is 29.9. The summed E-state index contributed by atoms with van der Waals surface area (Å²) >= 11 is 0. The molecule has 0 saturated heterocycles. The van der Waals surface area contributed by atoms with Crippen molar-refractivity contribution in [3.63, 3.8) is 0 Å². The molecular weight excluding hydrogens is 1020 g/mol. The van der Waals surface area contributed by atoms with Gasteiger partial charge < -0.3 is 19.4 Å². The van der Waals surface area contributed by atoms with Crippen molar-refractivity contribution in [3.05, 3.63) is 291 Å². The van der Waals surface area contributed by atoms with Gasteiger partial charge in [-0.2, -0.15) is 0 Å². The minimum Gasteiger partial charge on any atom is -0.453 e. The topological polar surface area (TPSA) is 19.0 Å². The fourth-order valence-electron chi connectivity index (χ4n) is 15.0. The lowest BCUT2D eigenvalue weighted by atomic mass is 9.33. The van der Waals surface area contributed by atoms with Gasteiger partial charge in [-0.15, -0.1) is 0 Å². The van der Waals surface area contributed by atoms with Crippen LogP contribution in [0.3, 0.4) is 0 Å². The molecule has 2 fully saturated rings. The minimum atomic E-state index is -0.147. The predicted octanol–water partition coefficient (Wildman–Crippen LogP) is 19.6. The van der Waals surface area contributed by atoms with E-state index < -0.39 is 0 Å². The molecule has 0 radical (unpaired) electrons. The van der Waals surface area contributed by atoms with E-state index in [0.29, 0.717) is 5.92 Å². The number of ether oxygens (including phenoxy) is 1. The Hall–Kier alpha value is -10.1. The van der Waals surface area contributed by atoms with E-state index >= 15 is 0 Å². The molecule has 0 N–H and O–H groups in total. The van der Waals surface area contributed by atoms with Crippen molar-refractivity contribution < 1.29 is 4.74 Å². The second-order valence-corrected chi connectivity index (χ2v) is 23.6. The van der Waals surface area contributed by atoms with E-state index in [9.17, 15) is 0 Å². The van der Waals surface area contributed by atoms with Crippen molar-refractivity contribution in [2.24, 2.45) is 11.8 Å². The van der Waals surface area contributed by atoms with Gasteiger partial charge in [0.25, 0.3) is 6.71 Å². The number of benzene rings is 12. The lowest BCUT2D eigenvalue weighted by Gasteiger charge is -2.45. The number of anilines is 9. The third-order valence-corrected chi connectivity index (χ3v) is 18.8. The van der Waals surface area contributed by atoms with Gasteiger partial charge in [0.2, 0.25) is 0 Å². The number of hydrogen-bond acceptors (Lipinski definition) is 4. The highest BCUT2D eigenvalue weighted by Gasteiger charge is 2.45. The Kier molecular flexibility index (Phi) is 11.5. The van der Waals surface area contributed by atoms with Gasteiger partial charge in [-0.1, -0.05) is 194 Å². The molecule has 2 bridgehead atoms. The summed E-state index contributed by atoms with van der Waals surface area (Å²) in [5, 5.41) is 0. The van der Waals surface area contributed by atoms with Crippen molar-refractivity contribution in [2.45, 2.75) is 31.6 Å². The fraction of sp³-hybridized carbons (Fsp3) is 0.0886. The summed E-state index contributed by atoms with van der Waals surface area (Å²) in [4.78, 5) is 7.59. The summed E-state index contributed by atoms with van der Waals surface area (Å²) in [6.07, 6.45) is 5.37. The lowest BCUT2D eigenvalue weighted by molar-refractivity contribution is 0.417. The molecule has 5 aliphatic rings. The zero-order valence-electron chi connectivity index (χ0n) is 46.5. The molecule has 3 atom stereocenters. The van der Waals surface area contributed by atoms with Gasteiger partial charge in [-0.05, 0) is 212 Å². The largest absolute Gasteiger partial charge is 0.453 e. The Morgan fingerprint density at radius 1 is 0.298 bits per heavy atom. The molecule has 398 valence electrons. The van der Waals surface area contributed by atoms with E-state index in [0.717, 1.165) is 96.8 Å². The first kappa shape index (κ1) is 48.6. The number of hydrogen-bond donors (Lipinski definition) is 0. The zero-order valence-corrected chi connectivity index (χ0v) is 46.5. The Morgan fingerprint density at radius 2 is 0.786 bits per heavy atom. The molecule has 12 aromatic rings. The maximum atomic E-state index is 6.97. The first-order valence-corrected chi connectivity index (χ1v) is 29.9. The second kappa shape index (κ2) is 19.8. The quantitative estimate of drug-likeness (QED) is 0.134. The van der Waals surface area contributed by atoms with Crippen LogP contribution in [-0.4, -0.2) is 6.71 Å². The van der Waals surface area contributed by atoms with Crippen LogP contribution >= 0.6 is 0 Å². The Labute approximate surface area is 492 Å². The summed E-state index contributed by atoms with van der Waals surface area (Å²) < 4.78 is 6.97. The zero-order chi connectivity index (χ0) is 55.2. The van der Waals surface area contributed by atoms with Gasteiger partial charge in [0.1, 0.15) is 0 Å². The summed E-state index contributed by atoms with van der Waals surface area (Å²) in [5.41, 5.74) is 26.9. The Bertz CT molecular complexity index is 4400. The van der Waals surface area contributed by atoms with E-state index in [1.807, 2.05) is 0 Å². The van der Waals surface area contributed by atoms with Crippen molar-refractivity contribution in [3.8, 4) is 67.1 Å². The predicted molar refractivity (Wildman–Crippen MR) is 351 cm³/mol. The van der Waals surface area contributed by atoms with Crippen LogP contribution in [0.1, 0.15) is 37.2 Å². The summed E-state index contributed by atoms with van der Waals surface area (Å²) in [6, 6.07) is 106. The molecule has 3 heterocycles. The number of nitrogens with zero attached hydrogens (tertiary/aromatic N) is 3. The highest BCUT2D eigenvalue weighted by atomic mass is 16.5. The normalized spacial score (nSPS) is 16.7. The van der Waals surface area contributed by atoms with Gasteiger partial charge in [0.15, 0.2) is 11.5 Å². The molecule has 0 amide bonds. The van der Waals surface area contributed by atoms with E-state index in [-0.39, 0.29) is 6.71 Å². The standard InChI is InChI=1S/C79H58BN3O/c1-6-19-53(20-7-1)58-35-38-69-76(49-58)83(67-47-63(56-25-12-4-13-26-56)44-64(48-67)57-27-14-5-15-28-57)75-31-18-30-74-79(75)80(69)70-51-65(81-72-29-16-17-32-77(72)84-78-50-60(36-39-73(78)81)68-42-52-33-34-59(68)41-52)37-40-71(70)82(74)66-45-61(54-21-8-2-9-22-54)43-62(46-66)55-23-10-3-11-24-55/h1-32,35-40,43-52,59,68H,33-34,41-42H2. The minimum absolute atomic E-state index is 0.147. The maximum Gasteiger partial charge on any atom is 0.252 e. The van der Waals surface area contributed by atoms with Crippen LogP contribution in [0, 0.1) is 11.8 Å². The molecule has 84 heavy (non-hydrogen) atoms. The Morgan fingerprint density at radius 3 is 1.33 bits per heavy atom. The molecule has 0 aromatic heterocycles. The van der Waals surface area contributed by atoms with Gasteiger partial charge >= 0.3 is 0 Å². The summed E-state index contributed by atoms with van der Waals surface area (Å²) in [7, 11) is 0. The third kappa shape index (κ3) is 8.13. The SMILES string of the molecule is c1ccc(-c2cc(-c3ccccc3)cc(N3c4ccc(N5c6ccccc6Oc6cc(C7CC8CCC7C8)ccc65)cc4B4c5ccc(-c6ccccc6)cc5N(c5cc(-c6ccccc6)cc(-c6ccccc6)c5)c5cccc3c54)c2)cc1. The van der Waals surface area contributed by atoms with Crippen LogP contribution in [0.15, 0.2) is 285 Å². The Balaban J connectivity index is 0.928. The van der Waals surface area contributed by atoms with Crippen LogP contribution in [-0.2, 0) is 0 Å². The van der Waals surface area contributed by atoms with E-state index in [4.69, 9.17) is 4.74 Å². The van der Waals surface area contributed by atoms with Crippen LogP contribution in [0.5, 0.6) is 11.5 Å². The van der Waals surface area contributed by atoms with E-state index in [1.165, 1.54) is 81.0 Å². The first-order chi connectivity index (χ1) is 41.6. The molecule has 17 rings (SSSR count). The van der Waals surface area contributed by atoms with Crippen LogP contribution < -0.4 is 35.8 Å². The van der Waals surface area contributed by atoms with Gasteiger partial charge in [0.05, 0.1) is 11.4 Å². The van der Waals surface area contributed by atoms with E-state index in [1.54, 1.807) is 0 Å². The average molecular weight is 1080 g/mol. The van der Waals surface area contributed by atoms with Crippen molar-refractivity contribution in [1.82, 2.24) is 0 Å². The fourth-order valence-corrected chi connectivity index (χ4v) is 15.0. The number of para-hydroxylation sites is 2. The number of rotatable bonds is 9. The van der Waals surface area contributed by atoms with E-state index in [2.05, 4.69) is 300 Å². The van der Waals surface area contributed by atoms with Gasteiger partial charge in [-0.25, -0.2) is 0 Å². The van der Waals surface area contributed by atoms with Crippen molar-refractivity contribution in [2.75, 3.05) is 14.7 Å². The van der Waals surface area contributed by atoms with Gasteiger partial charge in [-0.3, -0.25) is 0 Å². The maximum absolute atomic E-state index is 6.97. The molecule has 0 spiro atoms. The molecule has 3 aliphatic heterocycles. The molecule has 5 heteroatoms. The molecular formula is C79H58BN3O. The molecule has 2 saturated carbocycles. The van der Waals surface area contributed by atoms with Gasteiger partial charge in [0, 0.05) is 39.8 Å². The highest BCUT2D eigenvalue weighted by Crippen LogP contribution is 2.57. The second-order valence-electron chi connectivity index (χ2n) is 23.6. The highest BCUT2D eigenvalue weighted by molar-refractivity contribution is 7.00. The van der Waals surface area contributed by atoms with Crippen LogP contribution in [0.2, 0.25) is 0 Å². The summed E-state index contributed by atoms with van der Waals surface area (Å²) in [6.45, 7) is -0.147. The molecule has 3 unspecified atom stereocenters. The van der Waals surface area contributed by atoms with Crippen molar-refractivity contribution in [1.29, 1.82) is 0 Å². The monoisotopic (exact) mass is 1080 g/mol. The van der Waals surface area contributed by atoms with Crippen LogP contribution in [0.25, 0.3) is 55.6 Å². The van der Waals surface area contributed by atoms with Crippen molar-refractivity contribution >= 4 is 74.3 Å². The van der Waals surface area contributed by atoms with Crippen LogP contribution in [0.4, 0.5) is 51.2 Å². The average Bonchev–Trinajstić information content (AvgIpc) is 1.36. The summed E-state index contributed by atoms with van der Waals surface area (Å²) in [5.74, 6) is 4.01. The third-order valence-electron chi connectivity index (χ3n) is 18.8. The lowest BCUT2D eigenvalue weighted by Crippen LogP contribution is -2.61. The molecule has 4 nitrogen and oxygen atoms in total. The smallest absolute Gasteiger partial charge is 0.252 e.